The molecule has 94 valence electrons. The van der Waals surface area contributed by atoms with Crippen molar-refractivity contribution in [1.29, 1.82) is 0 Å². The van der Waals surface area contributed by atoms with Crippen LogP contribution in [-0.2, 0) is 9.47 Å². The van der Waals surface area contributed by atoms with E-state index in [-0.39, 0.29) is 18.2 Å². The second kappa shape index (κ2) is 6.70. The third-order valence-electron chi connectivity index (χ3n) is 2.91. The van der Waals surface area contributed by atoms with E-state index in [4.69, 9.17) is 9.47 Å². The molecule has 16 heavy (non-hydrogen) atoms. The van der Waals surface area contributed by atoms with Gasteiger partial charge in [-0.1, -0.05) is 6.92 Å². The summed E-state index contributed by atoms with van der Waals surface area (Å²) in [7, 11) is 3.74. The summed E-state index contributed by atoms with van der Waals surface area (Å²) in [5, 5.41) is 2.69. The summed E-state index contributed by atoms with van der Waals surface area (Å²) in [5.74, 6) is 0. The van der Waals surface area contributed by atoms with Crippen LogP contribution in [0.4, 0.5) is 4.79 Å². The standard InChI is InChI=1S/C11H22N2O3/c1-4-5-12-11(14)16-8-9-6-10(15-3)7-13(9)2/h9-10H,4-8H2,1-3H3,(H,12,14). The van der Waals surface area contributed by atoms with Gasteiger partial charge in [0.1, 0.15) is 6.61 Å². The first-order chi connectivity index (χ1) is 7.67. The highest BCUT2D eigenvalue weighted by atomic mass is 16.5. The maximum absolute atomic E-state index is 11.2. The number of carbonyl (C=O) groups is 1. The lowest BCUT2D eigenvalue weighted by Gasteiger charge is -2.18. The maximum Gasteiger partial charge on any atom is 0.407 e. The molecule has 0 spiro atoms. The largest absolute Gasteiger partial charge is 0.448 e. The fourth-order valence-corrected chi connectivity index (χ4v) is 1.84. The lowest BCUT2D eigenvalue weighted by molar-refractivity contribution is 0.109. The Kier molecular flexibility index (Phi) is 5.55. The lowest BCUT2D eigenvalue weighted by atomic mass is 10.2. The van der Waals surface area contributed by atoms with E-state index in [1.165, 1.54) is 0 Å². The quantitative estimate of drug-likeness (QED) is 0.760. The van der Waals surface area contributed by atoms with Gasteiger partial charge in [0.05, 0.1) is 6.10 Å². The van der Waals surface area contributed by atoms with Gasteiger partial charge >= 0.3 is 6.09 Å². The minimum atomic E-state index is -0.323. The summed E-state index contributed by atoms with van der Waals surface area (Å²) in [6.45, 7) is 4.02. The Morgan fingerprint density at radius 2 is 2.31 bits per heavy atom. The number of hydrogen-bond acceptors (Lipinski definition) is 4. The molecule has 1 aliphatic rings. The molecule has 1 rings (SSSR count). The van der Waals surface area contributed by atoms with Gasteiger partial charge in [-0.2, -0.15) is 0 Å². The van der Waals surface area contributed by atoms with Gasteiger partial charge in [-0.25, -0.2) is 4.79 Å². The first-order valence-corrected chi connectivity index (χ1v) is 5.81. The Bertz CT molecular complexity index is 223. The molecule has 2 unspecified atom stereocenters. The van der Waals surface area contributed by atoms with Gasteiger partial charge in [0.25, 0.3) is 0 Å². The van der Waals surface area contributed by atoms with E-state index in [0.29, 0.717) is 13.2 Å². The van der Waals surface area contributed by atoms with Crippen molar-refractivity contribution >= 4 is 6.09 Å². The zero-order valence-corrected chi connectivity index (χ0v) is 10.4. The van der Waals surface area contributed by atoms with Crippen LogP contribution in [0.1, 0.15) is 19.8 Å². The molecule has 1 saturated heterocycles. The summed E-state index contributed by atoms with van der Waals surface area (Å²) < 4.78 is 10.4. The van der Waals surface area contributed by atoms with Crippen LogP contribution in [0, 0.1) is 0 Å². The number of likely N-dealkylation sites (tertiary alicyclic amines) is 1. The molecule has 0 radical (unpaired) electrons. The van der Waals surface area contributed by atoms with E-state index >= 15 is 0 Å². The van der Waals surface area contributed by atoms with Crippen LogP contribution in [0.15, 0.2) is 0 Å². The summed E-state index contributed by atoms with van der Waals surface area (Å²) in [6, 6.07) is 0.275. The van der Waals surface area contributed by atoms with Crippen molar-refractivity contribution in [3.63, 3.8) is 0 Å². The van der Waals surface area contributed by atoms with Crippen LogP contribution in [-0.4, -0.2) is 57.0 Å². The van der Waals surface area contributed by atoms with Crippen LogP contribution in [0.5, 0.6) is 0 Å². The number of rotatable bonds is 5. The third-order valence-corrected chi connectivity index (χ3v) is 2.91. The van der Waals surface area contributed by atoms with Crippen LogP contribution in [0.25, 0.3) is 0 Å². The molecule has 0 aromatic carbocycles. The monoisotopic (exact) mass is 230 g/mol. The predicted molar refractivity (Wildman–Crippen MR) is 61.5 cm³/mol. The van der Waals surface area contributed by atoms with Crippen molar-refractivity contribution in [3.8, 4) is 0 Å². The molecule has 5 heteroatoms. The van der Waals surface area contributed by atoms with Crippen LogP contribution in [0.2, 0.25) is 0 Å². The van der Waals surface area contributed by atoms with Crippen LogP contribution in [0.3, 0.4) is 0 Å². The minimum absolute atomic E-state index is 0.261. The summed E-state index contributed by atoms with van der Waals surface area (Å²) in [5.41, 5.74) is 0. The topological polar surface area (TPSA) is 50.8 Å². The maximum atomic E-state index is 11.2. The predicted octanol–water partition coefficient (Wildman–Crippen LogP) is 0.842. The van der Waals surface area contributed by atoms with E-state index in [9.17, 15) is 4.79 Å². The first-order valence-electron chi connectivity index (χ1n) is 5.81. The molecule has 1 fully saturated rings. The Balaban J connectivity index is 2.20. The van der Waals surface area contributed by atoms with Gasteiger partial charge in [-0.15, -0.1) is 0 Å². The summed E-state index contributed by atoms with van der Waals surface area (Å²) in [6.07, 6.45) is 1.78. The molecule has 0 aromatic heterocycles. The van der Waals surface area contributed by atoms with E-state index < -0.39 is 0 Å². The highest BCUT2D eigenvalue weighted by Gasteiger charge is 2.30. The molecule has 5 nitrogen and oxygen atoms in total. The zero-order valence-electron chi connectivity index (χ0n) is 10.4. The average molecular weight is 230 g/mol. The SMILES string of the molecule is CCCNC(=O)OCC1CC(OC)CN1C. The lowest BCUT2D eigenvalue weighted by Crippen LogP contribution is -2.33. The van der Waals surface area contributed by atoms with E-state index in [1.54, 1.807) is 7.11 Å². The number of alkyl carbamates (subject to hydrolysis) is 1. The van der Waals surface area contributed by atoms with Gasteiger partial charge in [-0.3, -0.25) is 4.90 Å². The molecule has 1 N–H and O–H groups in total. The van der Waals surface area contributed by atoms with E-state index in [1.807, 2.05) is 14.0 Å². The number of amides is 1. The van der Waals surface area contributed by atoms with Crippen molar-refractivity contribution < 1.29 is 14.3 Å². The van der Waals surface area contributed by atoms with E-state index in [2.05, 4.69) is 10.2 Å². The van der Waals surface area contributed by atoms with Crippen molar-refractivity contribution in [2.24, 2.45) is 0 Å². The minimum Gasteiger partial charge on any atom is -0.448 e. The first kappa shape index (κ1) is 13.3. The zero-order chi connectivity index (χ0) is 12.0. The van der Waals surface area contributed by atoms with Crippen LogP contribution < -0.4 is 5.32 Å². The highest BCUT2D eigenvalue weighted by molar-refractivity contribution is 5.67. The number of nitrogens with zero attached hydrogens (tertiary/aromatic N) is 1. The van der Waals surface area contributed by atoms with Crippen molar-refractivity contribution in [1.82, 2.24) is 10.2 Å². The number of carbonyl (C=O) groups excluding carboxylic acids is 1. The Labute approximate surface area is 97.1 Å². The van der Waals surface area contributed by atoms with Gasteiger partial charge in [0, 0.05) is 26.2 Å². The molecule has 0 aliphatic carbocycles. The normalized spacial score (nSPS) is 25.7. The highest BCUT2D eigenvalue weighted by Crippen LogP contribution is 2.17. The number of ether oxygens (including phenoxy) is 2. The summed E-state index contributed by atoms with van der Waals surface area (Å²) in [4.78, 5) is 13.4. The van der Waals surface area contributed by atoms with Gasteiger partial charge < -0.3 is 14.8 Å². The molecular weight excluding hydrogens is 208 g/mol. The molecule has 2 atom stereocenters. The average Bonchev–Trinajstić information content (AvgIpc) is 2.64. The molecule has 1 heterocycles. The molecule has 1 amide bonds. The Morgan fingerprint density at radius 1 is 1.56 bits per heavy atom. The Morgan fingerprint density at radius 3 is 2.88 bits per heavy atom. The van der Waals surface area contributed by atoms with Crippen molar-refractivity contribution in [2.75, 3.05) is 33.9 Å². The van der Waals surface area contributed by atoms with E-state index in [0.717, 1.165) is 19.4 Å². The Hall–Kier alpha value is -0.810. The molecule has 0 saturated carbocycles. The van der Waals surface area contributed by atoms with Gasteiger partial charge in [-0.05, 0) is 19.9 Å². The van der Waals surface area contributed by atoms with Crippen molar-refractivity contribution in [2.45, 2.75) is 31.9 Å². The number of hydrogen-bond donors (Lipinski definition) is 1. The number of methoxy groups -OCH3 is 1. The molecule has 0 bridgehead atoms. The molecular formula is C11H22N2O3. The number of likely N-dealkylation sites (N-methyl/N-ethyl adjacent to an activating group) is 1. The fourth-order valence-electron chi connectivity index (χ4n) is 1.84. The van der Waals surface area contributed by atoms with Crippen LogP contribution >= 0.6 is 0 Å². The second-order valence-corrected chi connectivity index (χ2v) is 4.21. The number of nitrogens with one attached hydrogen (secondary N) is 1. The fraction of sp³-hybridized carbons (Fsp3) is 0.909. The third kappa shape index (κ3) is 3.98. The summed E-state index contributed by atoms with van der Waals surface area (Å²) >= 11 is 0. The van der Waals surface area contributed by atoms with Gasteiger partial charge in [0.2, 0.25) is 0 Å². The van der Waals surface area contributed by atoms with Crippen molar-refractivity contribution in [3.05, 3.63) is 0 Å². The molecule has 0 aromatic rings. The molecule has 1 aliphatic heterocycles. The smallest absolute Gasteiger partial charge is 0.407 e. The van der Waals surface area contributed by atoms with Gasteiger partial charge in [0.15, 0.2) is 0 Å². The second-order valence-electron chi connectivity index (χ2n) is 4.21.